The van der Waals surface area contributed by atoms with Crippen molar-refractivity contribution in [2.24, 2.45) is 5.73 Å². The maximum absolute atomic E-state index is 12.4. The Balaban J connectivity index is 0.00000208. The molecule has 0 bridgehead atoms. The van der Waals surface area contributed by atoms with Crippen LogP contribution in [0.4, 0.5) is 5.69 Å². The molecule has 2 atom stereocenters. The number of hydrogen-bond acceptors (Lipinski definition) is 4. The average Bonchev–Trinajstić information content (AvgIpc) is 3.02. The number of piperidine rings is 1. The van der Waals surface area contributed by atoms with E-state index in [1.807, 2.05) is 6.07 Å². The van der Waals surface area contributed by atoms with Gasteiger partial charge in [-0.3, -0.25) is 9.69 Å². The fourth-order valence-electron chi connectivity index (χ4n) is 3.76. The third-order valence-corrected chi connectivity index (χ3v) is 5.12. The van der Waals surface area contributed by atoms with Crippen molar-refractivity contribution in [3.05, 3.63) is 29.3 Å². The molecule has 0 spiro atoms. The number of likely N-dealkylation sites (tertiary alicyclic amines) is 1. The quantitative estimate of drug-likeness (QED) is 0.849. The molecule has 1 aromatic rings. The van der Waals surface area contributed by atoms with E-state index in [2.05, 4.69) is 22.3 Å². The summed E-state index contributed by atoms with van der Waals surface area (Å²) in [7, 11) is 1.74. The van der Waals surface area contributed by atoms with Crippen molar-refractivity contribution < 1.29 is 9.53 Å². The molecule has 1 amide bonds. The van der Waals surface area contributed by atoms with Gasteiger partial charge in [0.2, 0.25) is 5.91 Å². The average molecular weight is 354 g/mol. The van der Waals surface area contributed by atoms with E-state index in [0.717, 1.165) is 37.9 Å². The molecule has 2 unspecified atom stereocenters. The third-order valence-electron chi connectivity index (χ3n) is 5.12. The summed E-state index contributed by atoms with van der Waals surface area (Å²) in [5.74, 6) is 0.0391. The summed E-state index contributed by atoms with van der Waals surface area (Å²) in [5, 5.41) is 3.04. The highest BCUT2D eigenvalue weighted by atomic mass is 35.5. The number of nitrogens with zero attached hydrogens (tertiary/aromatic N) is 1. The molecule has 5 nitrogen and oxygen atoms in total. The van der Waals surface area contributed by atoms with Crippen molar-refractivity contribution in [3.8, 4) is 0 Å². The van der Waals surface area contributed by atoms with Crippen LogP contribution in [0.5, 0.6) is 0 Å². The Morgan fingerprint density at radius 2 is 2.17 bits per heavy atom. The number of benzene rings is 1. The SMILES string of the molecule is COC1CCN(CC(=O)Nc2ccc3c(c2)CCC3)C(CN)C1.Cl. The van der Waals surface area contributed by atoms with E-state index in [1.165, 1.54) is 17.5 Å². The van der Waals surface area contributed by atoms with Crippen LogP contribution in [0.1, 0.15) is 30.4 Å². The van der Waals surface area contributed by atoms with Gasteiger partial charge >= 0.3 is 0 Å². The molecule has 3 N–H and O–H groups in total. The minimum Gasteiger partial charge on any atom is -0.381 e. The number of fused-ring (bicyclic) bond motifs is 1. The molecule has 0 saturated carbocycles. The van der Waals surface area contributed by atoms with Crippen LogP contribution < -0.4 is 11.1 Å². The highest BCUT2D eigenvalue weighted by Crippen LogP contribution is 2.25. The number of nitrogens with two attached hydrogens (primary N) is 1. The van der Waals surface area contributed by atoms with Gasteiger partial charge in [0.05, 0.1) is 12.6 Å². The minimum absolute atomic E-state index is 0. The second-order valence-electron chi connectivity index (χ2n) is 6.63. The molecule has 1 aliphatic heterocycles. The molecular formula is C18H28ClN3O2. The zero-order valence-corrected chi connectivity index (χ0v) is 15.1. The maximum Gasteiger partial charge on any atom is 0.238 e. The topological polar surface area (TPSA) is 67.6 Å². The van der Waals surface area contributed by atoms with Crippen LogP contribution in [-0.2, 0) is 22.4 Å². The monoisotopic (exact) mass is 353 g/mol. The Kier molecular flexibility index (Phi) is 7.04. The van der Waals surface area contributed by atoms with E-state index in [1.54, 1.807) is 7.11 Å². The van der Waals surface area contributed by atoms with E-state index >= 15 is 0 Å². The Labute approximate surface area is 150 Å². The number of hydrogen-bond donors (Lipinski definition) is 2. The number of ether oxygens (including phenoxy) is 1. The molecule has 1 fully saturated rings. The van der Waals surface area contributed by atoms with E-state index in [0.29, 0.717) is 13.1 Å². The molecule has 1 heterocycles. The smallest absolute Gasteiger partial charge is 0.238 e. The maximum atomic E-state index is 12.4. The summed E-state index contributed by atoms with van der Waals surface area (Å²) in [6.07, 6.45) is 5.63. The van der Waals surface area contributed by atoms with Crippen molar-refractivity contribution >= 4 is 24.0 Å². The number of carbonyl (C=O) groups excluding carboxylic acids is 1. The Bertz CT molecular complexity index is 567. The summed E-state index contributed by atoms with van der Waals surface area (Å²) in [4.78, 5) is 14.5. The lowest BCUT2D eigenvalue weighted by atomic mass is 9.99. The van der Waals surface area contributed by atoms with Crippen molar-refractivity contribution in [3.63, 3.8) is 0 Å². The van der Waals surface area contributed by atoms with Gasteiger partial charge in [0.1, 0.15) is 0 Å². The van der Waals surface area contributed by atoms with Gasteiger partial charge in [0.15, 0.2) is 0 Å². The zero-order valence-electron chi connectivity index (χ0n) is 14.3. The standard InChI is InChI=1S/C18H27N3O2.ClH/c1-23-17-7-8-21(16(10-17)11-19)12-18(22)20-15-6-5-13-3-2-4-14(13)9-15;/h5-6,9,16-17H,2-4,7-8,10-12,19H2,1H3,(H,20,22);1H. The zero-order chi connectivity index (χ0) is 16.2. The molecule has 0 radical (unpaired) electrons. The number of methoxy groups -OCH3 is 1. The van der Waals surface area contributed by atoms with Crippen molar-refractivity contribution in [1.82, 2.24) is 4.90 Å². The van der Waals surface area contributed by atoms with E-state index in [9.17, 15) is 4.79 Å². The normalized spacial score (nSPS) is 23.4. The van der Waals surface area contributed by atoms with Crippen LogP contribution in [0.25, 0.3) is 0 Å². The molecule has 3 rings (SSSR count). The second kappa shape index (κ2) is 8.81. The molecule has 0 aromatic heterocycles. The first-order valence-corrected chi connectivity index (χ1v) is 8.58. The largest absolute Gasteiger partial charge is 0.381 e. The van der Waals surface area contributed by atoms with Crippen molar-refractivity contribution in [2.75, 3.05) is 32.1 Å². The predicted molar refractivity (Wildman–Crippen MR) is 98.8 cm³/mol. The van der Waals surface area contributed by atoms with E-state index in [-0.39, 0.29) is 30.5 Å². The molecular weight excluding hydrogens is 326 g/mol. The first-order valence-electron chi connectivity index (χ1n) is 8.58. The summed E-state index contributed by atoms with van der Waals surface area (Å²) in [6.45, 7) is 1.82. The lowest BCUT2D eigenvalue weighted by Crippen LogP contribution is -2.50. The number of halogens is 1. The highest BCUT2D eigenvalue weighted by molar-refractivity contribution is 5.92. The van der Waals surface area contributed by atoms with Gasteiger partial charge in [-0.15, -0.1) is 12.4 Å². The van der Waals surface area contributed by atoms with Crippen LogP contribution in [0, 0.1) is 0 Å². The first-order chi connectivity index (χ1) is 11.2. The van der Waals surface area contributed by atoms with E-state index in [4.69, 9.17) is 10.5 Å². The summed E-state index contributed by atoms with van der Waals surface area (Å²) < 4.78 is 5.43. The van der Waals surface area contributed by atoms with Gasteiger partial charge in [-0.25, -0.2) is 0 Å². The predicted octanol–water partition coefficient (Wildman–Crippen LogP) is 1.97. The van der Waals surface area contributed by atoms with Crippen LogP contribution in [0.2, 0.25) is 0 Å². The van der Waals surface area contributed by atoms with Gasteiger partial charge in [-0.1, -0.05) is 6.07 Å². The molecule has 24 heavy (non-hydrogen) atoms. The lowest BCUT2D eigenvalue weighted by molar-refractivity contribution is -0.118. The summed E-state index contributed by atoms with van der Waals surface area (Å²) in [5.41, 5.74) is 9.58. The van der Waals surface area contributed by atoms with Gasteiger partial charge in [0, 0.05) is 31.9 Å². The molecule has 1 aromatic carbocycles. The van der Waals surface area contributed by atoms with Gasteiger partial charge in [0.25, 0.3) is 0 Å². The Morgan fingerprint density at radius 1 is 1.38 bits per heavy atom. The van der Waals surface area contributed by atoms with Crippen LogP contribution in [-0.4, -0.2) is 49.7 Å². The molecule has 6 heteroatoms. The number of anilines is 1. The number of amides is 1. The second-order valence-corrected chi connectivity index (χ2v) is 6.63. The van der Waals surface area contributed by atoms with Gasteiger partial charge < -0.3 is 15.8 Å². The number of nitrogens with one attached hydrogen (secondary N) is 1. The molecule has 1 aliphatic carbocycles. The summed E-state index contributed by atoms with van der Waals surface area (Å²) in [6, 6.07) is 6.50. The fraction of sp³-hybridized carbons (Fsp3) is 0.611. The number of carbonyl (C=O) groups is 1. The molecule has 1 saturated heterocycles. The van der Waals surface area contributed by atoms with Crippen LogP contribution >= 0.6 is 12.4 Å². The van der Waals surface area contributed by atoms with Crippen molar-refractivity contribution in [1.29, 1.82) is 0 Å². The first kappa shape index (κ1) is 19.2. The van der Waals surface area contributed by atoms with Gasteiger partial charge in [-0.05, 0) is 55.4 Å². The lowest BCUT2D eigenvalue weighted by Gasteiger charge is -2.37. The van der Waals surface area contributed by atoms with Gasteiger partial charge in [-0.2, -0.15) is 0 Å². The van der Waals surface area contributed by atoms with Crippen molar-refractivity contribution in [2.45, 2.75) is 44.2 Å². The van der Waals surface area contributed by atoms with E-state index < -0.39 is 0 Å². The Hall–Kier alpha value is -1.14. The third kappa shape index (κ3) is 4.48. The Morgan fingerprint density at radius 3 is 2.92 bits per heavy atom. The molecule has 2 aliphatic rings. The minimum atomic E-state index is 0. The number of rotatable bonds is 5. The number of aryl methyl sites for hydroxylation is 2. The van der Waals surface area contributed by atoms with Crippen LogP contribution in [0.15, 0.2) is 18.2 Å². The molecule has 134 valence electrons. The fourth-order valence-corrected chi connectivity index (χ4v) is 3.76. The highest BCUT2D eigenvalue weighted by Gasteiger charge is 2.28. The van der Waals surface area contributed by atoms with Crippen LogP contribution in [0.3, 0.4) is 0 Å². The summed E-state index contributed by atoms with van der Waals surface area (Å²) >= 11 is 0.